The van der Waals surface area contributed by atoms with E-state index in [1.807, 2.05) is 0 Å². The number of carbonyl (C=O) groups is 1. The van der Waals surface area contributed by atoms with Gasteiger partial charge in [0, 0.05) is 12.6 Å². The second-order valence-electron chi connectivity index (χ2n) is 5.75. The number of methoxy groups -OCH3 is 3. The highest BCUT2D eigenvalue weighted by Gasteiger charge is 2.30. The van der Waals surface area contributed by atoms with Crippen LogP contribution in [-0.2, 0) is 0 Å². The summed E-state index contributed by atoms with van der Waals surface area (Å²) in [7, 11) is 6.28. The molecule has 1 amide bonds. The summed E-state index contributed by atoms with van der Waals surface area (Å²) in [5, 5.41) is 10.2. The van der Waals surface area contributed by atoms with Crippen LogP contribution >= 0.6 is 0 Å². The van der Waals surface area contributed by atoms with Gasteiger partial charge in [0.2, 0.25) is 5.75 Å². The van der Waals surface area contributed by atoms with Crippen LogP contribution in [0, 0.1) is 0 Å². The molecule has 0 spiro atoms. The molecular formula is C17H25NO5. The van der Waals surface area contributed by atoms with Crippen LogP contribution in [-0.4, -0.2) is 56.4 Å². The van der Waals surface area contributed by atoms with Crippen LogP contribution in [0.4, 0.5) is 0 Å². The van der Waals surface area contributed by atoms with Crippen LogP contribution in [0.2, 0.25) is 0 Å². The van der Waals surface area contributed by atoms with Crippen molar-refractivity contribution in [1.82, 2.24) is 4.90 Å². The molecule has 0 aromatic heterocycles. The Morgan fingerprint density at radius 2 is 1.65 bits per heavy atom. The van der Waals surface area contributed by atoms with Crippen LogP contribution in [0.15, 0.2) is 12.1 Å². The number of carbonyl (C=O) groups excluding carboxylic acids is 1. The van der Waals surface area contributed by atoms with Gasteiger partial charge in [-0.15, -0.1) is 0 Å². The number of benzene rings is 1. The lowest BCUT2D eigenvalue weighted by Crippen LogP contribution is -2.46. The number of aliphatic hydroxyl groups is 1. The van der Waals surface area contributed by atoms with Gasteiger partial charge in [0.1, 0.15) is 0 Å². The minimum atomic E-state index is -0.472. The second kappa shape index (κ2) is 7.55. The molecule has 0 saturated heterocycles. The first-order chi connectivity index (χ1) is 11.0. The average molecular weight is 323 g/mol. The van der Waals surface area contributed by atoms with Crippen molar-refractivity contribution in [3.05, 3.63) is 17.7 Å². The predicted molar refractivity (Wildman–Crippen MR) is 86.5 cm³/mol. The second-order valence-corrected chi connectivity index (χ2v) is 5.75. The van der Waals surface area contributed by atoms with Gasteiger partial charge in [-0.05, 0) is 25.0 Å². The Hall–Kier alpha value is -1.95. The maximum atomic E-state index is 12.8. The fourth-order valence-corrected chi connectivity index (χ4v) is 3.10. The van der Waals surface area contributed by atoms with E-state index in [4.69, 9.17) is 14.2 Å². The van der Waals surface area contributed by atoms with Crippen LogP contribution in [0.3, 0.4) is 0 Å². The smallest absolute Gasteiger partial charge is 0.254 e. The zero-order valence-electron chi connectivity index (χ0n) is 14.2. The lowest BCUT2D eigenvalue weighted by molar-refractivity contribution is 0.0267. The molecule has 6 heteroatoms. The predicted octanol–water partition coefficient (Wildman–Crippen LogP) is 2.09. The maximum Gasteiger partial charge on any atom is 0.254 e. The first-order valence-corrected chi connectivity index (χ1v) is 7.78. The van der Waals surface area contributed by atoms with E-state index in [-0.39, 0.29) is 11.9 Å². The minimum absolute atomic E-state index is 0.157. The number of hydrogen-bond acceptors (Lipinski definition) is 5. The normalized spacial score (nSPS) is 20.7. The van der Waals surface area contributed by atoms with E-state index in [2.05, 4.69) is 0 Å². The Balaban J connectivity index is 2.31. The number of nitrogens with zero attached hydrogens (tertiary/aromatic N) is 1. The van der Waals surface area contributed by atoms with Crippen molar-refractivity contribution in [1.29, 1.82) is 0 Å². The standard InChI is InChI=1S/C17H25NO5/c1-18(12-7-5-6-8-13(12)19)17(20)11-9-14(21-2)16(23-4)15(10-11)22-3/h9-10,12-13,19H,5-8H2,1-4H3. The summed E-state index contributed by atoms with van der Waals surface area (Å²) in [6.07, 6.45) is 3.10. The van der Waals surface area contributed by atoms with Crippen molar-refractivity contribution >= 4 is 5.91 Å². The fraction of sp³-hybridized carbons (Fsp3) is 0.588. The molecule has 1 aromatic carbocycles. The molecule has 1 fully saturated rings. The van der Waals surface area contributed by atoms with Gasteiger partial charge in [0.25, 0.3) is 5.91 Å². The van der Waals surface area contributed by atoms with Crippen molar-refractivity contribution in [3.63, 3.8) is 0 Å². The van der Waals surface area contributed by atoms with Crippen molar-refractivity contribution in [2.75, 3.05) is 28.4 Å². The van der Waals surface area contributed by atoms with Gasteiger partial charge in [0.15, 0.2) is 11.5 Å². The monoisotopic (exact) mass is 323 g/mol. The van der Waals surface area contributed by atoms with Gasteiger partial charge >= 0.3 is 0 Å². The molecule has 1 aliphatic rings. The summed E-state index contributed by atoms with van der Waals surface area (Å²) in [4.78, 5) is 14.4. The zero-order valence-corrected chi connectivity index (χ0v) is 14.2. The Kier molecular flexibility index (Phi) is 5.71. The summed E-state index contributed by atoms with van der Waals surface area (Å²) in [5.41, 5.74) is 0.444. The molecule has 0 heterocycles. The molecule has 23 heavy (non-hydrogen) atoms. The van der Waals surface area contributed by atoms with E-state index in [1.54, 1.807) is 24.1 Å². The molecule has 6 nitrogen and oxygen atoms in total. The first kappa shape index (κ1) is 17.4. The third-order valence-corrected chi connectivity index (χ3v) is 4.42. The molecule has 0 bridgehead atoms. The SMILES string of the molecule is COc1cc(C(=O)N(C)C2CCCCC2O)cc(OC)c1OC. The zero-order chi connectivity index (χ0) is 17.0. The van der Waals surface area contributed by atoms with Gasteiger partial charge < -0.3 is 24.2 Å². The molecule has 2 rings (SSSR count). The number of rotatable bonds is 5. The summed E-state index contributed by atoms with van der Waals surface area (Å²) < 4.78 is 15.9. The third-order valence-electron chi connectivity index (χ3n) is 4.42. The van der Waals surface area contributed by atoms with Crippen molar-refractivity contribution in [2.45, 2.75) is 37.8 Å². The largest absolute Gasteiger partial charge is 0.493 e. The summed E-state index contributed by atoms with van der Waals surface area (Å²) >= 11 is 0. The lowest BCUT2D eigenvalue weighted by atomic mass is 9.91. The molecule has 1 saturated carbocycles. The molecule has 128 valence electrons. The molecule has 0 aliphatic heterocycles. The lowest BCUT2D eigenvalue weighted by Gasteiger charge is -2.35. The van der Waals surface area contributed by atoms with Crippen LogP contribution in [0.5, 0.6) is 17.2 Å². The number of ether oxygens (including phenoxy) is 3. The van der Waals surface area contributed by atoms with Crippen molar-refractivity contribution in [2.24, 2.45) is 0 Å². The maximum absolute atomic E-state index is 12.8. The highest BCUT2D eigenvalue weighted by molar-refractivity contribution is 5.95. The number of amides is 1. The topological polar surface area (TPSA) is 68.2 Å². The van der Waals surface area contributed by atoms with E-state index >= 15 is 0 Å². The Bertz CT molecular complexity index is 535. The number of likely N-dealkylation sites (N-methyl/N-ethyl adjacent to an activating group) is 1. The highest BCUT2D eigenvalue weighted by atomic mass is 16.5. The minimum Gasteiger partial charge on any atom is -0.493 e. The molecule has 0 radical (unpaired) electrons. The summed E-state index contributed by atoms with van der Waals surface area (Å²) in [5.74, 6) is 1.16. The average Bonchev–Trinajstić information content (AvgIpc) is 2.59. The molecular weight excluding hydrogens is 298 g/mol. The molecule has 1 aromatic rings. The number of hydrogen-bond donors (Lipinski definition) is 1. The van der Waals surface area contributed by atoms with Crippen LogP contribution in [0.1, 0.15) is 36.0 Å². The van der Waals surface area contributed by atoms with Crippen molar-refractivity contribution in [3.8, 4) is 17.2 Å². The summed E-state index contributed by atoms with van der Waals surface area (Å²) in [6.45, 7) is 0. The van der Waals surface area contributed by atoms with Gasteiger partial charge in [-0.3, -0.25) is 4.79 Å². The third kappa shape index (κ3) is 3.52. The van der Waals surface area contributed by atoms with E-state index in [0.29, 0.717) is 22.8 Å². The Morgan fingerprint density at radius 3 is 2.13 bits per heavy atom. The van der Waals surface area contributed by atoms with E-state index in [9.17, 15) is 9.90 Å². The Labute approximate surface area is 136 Å². The van der Waals surface area contributed by atoms with Crippen molar-refractivity contribution < 1.29 is 24.1 Å². The number of aliphatic hydroxyl groups excluding tert-OH is 1. The molecule has 2 unspecified atom stereocenters. The summed E-state index contributed by atoms with van der Waals surface area (Å²) in [6, 6.07) is 3.11. The Morgan fingerprint density at radius 1 is 1.09 bits per heavy atom. The molecule has 1 N–H and O–H groups in total. The highest BCUT2D eigenvalue weighted by Crippen LogP contribution is 2.38. The van der Waals surface area contributed by atoms with Gasteiger partial charge in [-0.1, -0.05) is 12.8 Å². The molecule has 2 atom stereocenters. The van der Waals surface area contributed by atoms with Gasteiger partial charge in [-0.2, -0.15) is 0 Å². The van der Waals surface area contributed by atoms with E-state index in [0.717, 1.165) is 25.7 Å². The molecule has 1 aliphatic carbocycles. The first-order valence-electron chi connectivity index (χ1n) is 7.78. The van der Waals surface area contributed by atoms with Gasteiger partial charge in [0.05, 0.1) is 33.5 Å². The fourth-order valence-electron chi connectivity index (χ4n) is 3.10. The van der Waals surface area contributed by atoms with E-state index in [1.165, 1.54) is 21.3 Å². The van der Waals surface area contributed by atoms with Crippen LogP contribution < -0.4 is 14.2 Å². The van der Waals surface area contributed by atoms with Gasteiger partial charge in [-0.25, -0.2) is 0 Å². The van der Waals surface area contributed by atoms with E-state index < -0.39 is 6.10 Å². The van der Waals surface area contributed by atoms with Crippen LogP contribution in [0.25, 0.3) is 0 Å². The quantitative estimate of drug-likeness (QED) is 0.898.